The number of hydrogen-bond acceptors (Lipinski definition) is 2. The van der Waals surface area contributed by atoms with E-state index in [2.05, 4.69) is 20.9 Å². The molecule has 0 saturated heterocycles. The molecule has 5 heteroatoms. The lowest BCUT2D eigenvalue weighted by Gasteiger charge is -1.99. The molecule has 0 bridgehead atoms. The predicted molar refractivity (Wildman–Crippen MR) is 68.9 cm³/mol. The van der Waals surface area contributed by atoms with Crippen LogP contribution in [0.4, 0.5) is 0 Å². The van der Waals surface area contributed by atoms with Gasteiger partial charge in [-0.05, 0) is 41.1 Å². The van der Waals surface area contributed by atoms with Gasteiger partial charge in [-0.3, -0.25) is 0 Å². The Morgan fingerprint density at radius 2 is 2.19 bits per heavy atom. The average Bonchev–Trinajstić information content (AvgIpc) is 2.71. The van der Waals surface area contributed by atoms with Crippen molar-refractivity contribution in [2.75, 3.05) is 0 Å². The zero-order valence-corrected chi connectivity index (χ0v) is 11.5. The van der Waals surface area contributed by atoms with Crippen molar-refractivity contribution in [3.05, 3.63) is 39.8 Å². The SMILES string of the molecule is CC(Cl)c1ncc(-c2ccc(Br)c(Cl)c2)o1. The van der Waals surface area contributed by atoms with Gasteiger partial charge in [-0.2, -0.15) is 0 Å². The van der Waals surface area contributed by atoms with E-state index < -0.39 is 0 Å². The summed E-state index contributed by atoms with van der Waals surface area (Å²) in [5.74, 6) is 1.17. The average molecular weight is 321 g/mol. The number of halogens is 3. The molecular weight excluding hydrogens is 313 g/mol. The first kappa shape index (κ1) is 12.0. The van der Waals surface area contributed by atoms with Crippen molar-refractivity contribution in [2.45, 2.75) is 12.3 Å². The maximum Gasteiger partial charge on any atom is 0.212 e. The molecule has 1 aromatic carbocycles. The Labute approximate surface area is 112 Å². The van der Waals surface area contributed by atoms with Gasteiger partial charge in [-0.25, -0.2) is 4.98 Å². The summed E-state index contributed by atoms with van der Waals surface area (Å²) in [7, 11) is 0. The minimum Gasteiger partial charge on any atom is -0.439 e. The zero-order chi connectivity index (χ0) is 11.7. The smallest absolute Gasteiger partial charge is 0.212 e. The molecule has 0 N–H and O–H groups in total. The van der Waals surface area contributed by atoms with Crippen LogP contribution in [0.15, 0.2) is 33.3 Å². The van der Waals surface area contributed by atoms with E-state index in [9.17, 15) is 0 Å². The van der Waals surface area contributed by atoms with Crippen LogP contribution in [0.25, 0.3) is 11.3 Å². The van der Waals surface area contributed by atoms with Gasteiger partial charge in [0, 0.05) is 10.0 Å². The highest BCUT2D eigenvalue weighted by Gasteiger charge is 2.11. The molecule has 16 heavy (non-hydrogen) atoms. The Morgan fingerprint density at radius 1 is 1.44 bits per heavy atom. The normalized spacial score (nSPS) is 12.8. The van der Waals surface area contributed by atoms with Crippen molar-refractivity contribution in [1.82, 2.24) is 4.98 Å². The van der Waals surface area contributed by atoms with Crippen LogP contribution in [0.2, 0.25) is 5.02 Å². The van der Waals surface area contributed by atoms with Crippen molar-refractivity contribution >= 4 is 39.1 Å². The van der Waals surface area contributed by atoms with Crippen LogP contribution in [0, 0.1) is 0 Å². The van der Waals surface area contributed by atoms with Crippen LogP contribution in [0.1, 0.15) is 18.2 Å². The number of hydrogen-bond donors (Lipinski definition) is 0. The van der Waals surface area contributed by atoms with E-state index in [1.165, 1.54) is 0 Å². The second kappa shape index (κ2) is 4.78. The fourth-order valence-electron chi connectivity index (χ4n) is 1.25. The molecule has 1 unspecified atom stereocenters. The molecule has 0 radical (unpaired) electrons. The molecule has 2 nitrogen and oxygen atoms in total. The Balaban J connectivity index is 2.39. The van der Waals surface area contributed by atoms with Crippen LogP contribution in [0.5, 0.6) is 0 Å². The molecule has 0 amide bonds. The number of rotatable bonds is 2. The maximum atomic E-state index is 6.00. The van der Waals surface area contributed by atoms with Crippen LogP contribution in [-0.4, -0.2) is 4.98 Å². The first-order chi connectivity index (χ1) is 7.58. The van der Waals surface area contributed by atoms with Gasteiger partial charge < -0.3 is 4.42 Å². The third-order valence-electron chi connectivity index (χ3n) is 2.07. The number of aromatic nitrogens is 1. The third-order valence-corrected chi connectivity index (χ3v) is 3.49. The molecular formula is C11H8BrCl2NO. The number of alkyl halides is 1. The fourth-order valence-corrected chi connectivity index (χ4v) is 1.78. The molecule has 1 aromatic heterocycles. The van der Waals surface area contributed by atoms with Gasteiger partial charge in [0.2, 0.25) is 5.89 Å². The topological polar surface area (TPSA) is 26.0 Å². The van der Waals surface area contributed by atoms with Gasteiger partial charge in [-0.15, -0.1) is 11.6 Å². The summed E-state index contributed by atoms with van der Waals surface area (Å²) in [4.78, 5) is 4.09. The van der Waals surface area contributed by atoms with Crippen molar-refractivity contribution in [3.8, 4) is 11.3 Å². The summed E-state index contributed by atoms with van der Waals surface area (Å²) < 4.78 is 6.36. The zero-order valence-electron chi connectivity index (χ0n) is 8.38. The van der Waals surface area contributed by atoms with E-state index in [1.807, 2.05) is 25.1 Å². The highest BCUT2D eigenvalue weighted by Crippen LogP contribution is 2.30. The first-order valence-corrected chi connectivity index (χ1v) is 6.24. The number of benzene rings is 1. The van der Waals surface area contributed by atoms with E-state index in [0.29, 0.717) is 16.7 Å². The Kier molecular flexibility index (Phi) is 3.57. The highest BCUT2D eigenvalue weighted by atomic mass is 79.9. The van der Waals surface area contributed by atoms with Crippen LogP contribution in [-0.2, 0) is 0 Å². The highest BCUT2D eigenvalue weighted by molar-refractivity contribution is 9.10. The van der Waals surface area contributed by atoms with Gasteiger partial charge in [0.25, 0.3) is 0 Å². The Hall–Kier alpha value is -0.510. The van der Waals surface area contributed by atoms with E-state index in [1.54, 1.807) is 6.20 Å². The summed E-state index contributed by atoms with van der Waals surface area (Å²) in [5, 5.41) is 0.397. The van der Waals surface area contributed by atoms with Gasteiger partial charge in [0.15, 0.2) is 5.76 Å². The van der Waals surface area contributed by atoms with Gasteiger partial charge in [0.05, 0.1) is 11.2 Å². The lowest BCUT2D eigenvalue weighted by Crippen LogP contribution is -1.80. The predicted octanol–water partition coefficient (Wildman–Crippen LogP) is 5.06. The molecule has 1 heterocycles. The monoisotopic (exact) mass is 319 g/mol. The summed E-state index contributed by atoms with van der Waals surface area (Å²) >= 11 is 15.2. The molecule has 2 rings (SSSR count). The molecule has 0 aliphatic heterocycles. The van der Waals surface area contributed by atoms with Gasteiger partial charge in [-0.1, -0.05) is 11.6 Å². The van der Waals surface area contributed by atoms with Crippen molar-refractivity contribution < 1.29 is 4.42 Å². The first-order valence-electron chi connectivity index (χ1n) is 4.63. The fraction of sp³-hybridized carbons (Fsp3) is 0.182. The number of oxazole rings is 1. The molecule has 84 valence electrons. The second-order valence-corrected chi connectivity index (χ2v) is 5.22. The lowest BCUT2D eigenvalue weighted by molar-refractivity contribution is 0.508. The molecule has 0 spiro atoms. The molecule has 0 aliphatic carbocycles. The van der Waals surface area contributed by atoms with Crippen molar-refractivity contribution in [1.29, 1.82) is 0 Å². The molecule has 0 aliphatic rings. The molecule has 0 fully saturated rings. The minimum atomic E-state index is -0.236. The summed E-state index contributed by atoms with van der Waals surface area (Å²) in [5.41, 5.74) is 0.879. The van der Waals surface area contributed by atoms with Crippen molar-refractivity contribution in [2.24, 2.45) is 0 Å². The summed E-state index contributed by atoms with van der Waals surface area (Å²) in [6.45, 7) is 1.81. The van der Waals surface area contributed by atoms with Gasteiger partial charge >= 0.3 is 0 Å². The number of nitrogens with zero attached hydrogens (tertiary/aromatic N) is 1. The standard InChI is InChI=1S/C11H8BrCl2NO/c1-6(13)11-15-5-10(16-11)7-2-3-8(12)9(14)4-7/h2-6H,1H3. The van der Waals surface area contributed by atoms with Gasteiger partial charge in [0.1, 0.15) is 5.38 Å². The van der Waals surface area contributed by atoms with E-state index >= 15 is 0 Å². The largest absolute Gasteiger partial charge is 0.439 e. The van der Waals surface area contributed by atoms with E-state index in [-0.39, 0.29) is 5.38 Å². The van der Waals surface area contributed by atoms with E-state index in [0.717, 1.165) is 10.0 Å². The van der Waals surface area contributed by atoms with E-state index in [4.69, 9.17) is 27.6 Å². The Bertz CT molecular complexity index is 510. The third kappa shape index (κ3) is 2.42. The minimum absolute atomic E-state index is 0.236. The quantitative estimate of drug-likeness (QED) is 0.723. The van der Waals surface area contributed by atoms with Crippen LogP contribution < -0.4 is 0 Å². The Morgan fingerprint density at radius 3 is 2.75 bits per heavy atom. The summed E-state index contributed by atoms with van der Waals surface area (Å²) in [6, 6.07) is 5.58. The molecule has 2 aromatic rings. The molecule has 1 atom stereocenters. The summed E-state index contributed by atoms with van der Waals surface area (Å²) in [6.07, 6.45) is 1.65. The van der Waals surface area contributed by atoms with Crippen LogP contribution >= 0.6 is 39.1 Å². The molecule has 0 saturated carbocycles. The second-order valence-electron chi connectivity index (χ2n) is 3.31. The lowest BCUT2D eigenvalue weighted by atomic mass is 10.2. The van der Waals surface area contributed by atoms with Crippen LogP contribution in [0.3, 0.4) is 0 Å². The van der Waals surface area contributed by atoms with Crippen molar-refractivity contribution in [3.63, 3.8) is 0 Å². The maximum absolute atomic E-state index is 6.00.